The number of nitrogens with zero attached hydrogens (tertiary/aromatic N) is 4. The molecule has 0 aliphatic rings. The number of nitrogen functional groups attached to an aromatic ring is 1. The number of phenolic OH excluding ortho intramolecular Hbond substituents is 1. The van der Waals surface area contributed by atoms with E-state index in [1.807, 2.05) is 19.1 Å². The van der Waals surface area contributed by atoms with Gasteiger partial charge >= 0.3 is 0 Å². The Kier molecular flexibility index (Phi) is 8.88. The maximum Gasteiger partial charge on any atom is 0.234 e. The third kappa shape index (κ3) is 6.34. The summed E-state index contributed by atoms with van der Waals surface area (Å²) in [6, 6.07) is 12.1. The summed E-state index contributed by atoms with van der Waals surface area (Å²) < 4.78 is 7.90. The van der Waals surface area contributed by atoms with Gasteiger partial charge in [-0.15, -0.1) is 0 Å². The largest absolute Gasteiger partial charge is 0.508 e. The van der Waals surface area contributed by atoms with Crippen molar-refractivity contribution in [3.05, 3.63) is 58.9 Å². The minimum atomic E-state index is 0.300. The molecule has 194 valence electrons. The number of aryl methyl sites for hydroxylation is 3. The first-order valence-electron chi connectivity index (χ1n) is 13.0. The molecule has 0 amide bonds. The van der Waals surface area contributed by atoms with Gasteiger partial charge in [0.1, 0.15) is 17.1 Å². The molecule has 2 aromatic heterocycles. The van der Waals surface area contributed by atoms with Crippen molar-refractivity contribution in [3.63, 3.8) is 0 Å². The van der Waals surface area contributed by atoms with Crippen LogP contribution in [0.15, 0.2) is 41.4 Å². The van der Waals surface area contributed by atoms with E-state index in [9.17, 15) is 9.90 Å². The molecule has 3 N–H and O–H groups in total. The van der Waals surface area contributed by atoms with Crippen LogP contribution in [0.25, 0.3) is 21.9 Å². The number of benzene rings is 2. The molecule has 8 heteroatoms. The molecule has 0 atom stereocenters. The van der Waals surface area contributed by atoms with Gasteiger partial charge in [0, 0.05) is 31.6 Å². The molecule has 8 nitrogen and oxygen atoms in total. The Morgan fingerprint density at radius 1 is 1.05 bits per heavy atom. The Bertz CT molecular complexity index is 1420. The number of hydrogen-bond acceptors (Lipinski definition) is 7. The van der Waals surface area contributed by atoms with E-state index in [-0.39, 0.29) is 0 Å². The van der Waals surface area contributed by atoms with Crippen LogP contribution in [0.5, 0.6) is 5.75 Å². The van der Waals surface area contributed by atoms with Crippen LogP contribution >= 0.6 is 0 Å². The van der Waals surface area contributed by atoms with Gasteiger partial charge in [-0.25, -0.2) is 19.8 Å². The number of ether oxygens (including phenoxy) is 1. The SMILES string of the molecule is CCCCc1nc2c(N)nc3cc(CCCOCCCN=C=O)ccc3c2n1Cc1ccc(O)c(C)c1. The molecule has 0 aliphatic heterocycles. The van der Waals surface area contributed by atoms with Gasteiger partial charge in [0.25, 0.3) is 0 Å². The molecule has 0 saturated heterocycles. The number of aromatic nitrogens is 3. The van der Waals surface area contributed by atoms with Crippen molar-refractivity contribution >= 4 is 33.8 Å². The van der Waals surface area contributed by atoms with E-state index in [1.54, 1.807) is 12.1 Å². The number of isocyanates is 1. The van der Waals surface area contributed by atoms with Crippen molar-refractivity contribution in [3.8, 4) is 5.75 Å². The van der Waals surface area contributed by atoms with Gasteiger partial charge in [-0.2, -0.15) is 0 Å². The number of unbranched alkanes of at least 4 members (excludes halogenated alkanes) is 1. The number of hydrogen-bond donors (Lipinski definition) is 2. The van der Waals surface area contributed by atoms with Crippen LogP contribution in [0, 0.1) is 6.92 Å². The molecule has 0 saturated carbocycles. The second kappa shape index (κ2) is 12.5. The van der Waals surface area contributed by atoms with Gasteiger partial charge < -0.3 is 20.1 Å². The Morgan fingerprint density at radius 2 is 1.86 bits per heavy atom. The summed E-state index contributed by atoms with van der Waals surface area (Å²) in [4.78, 5) is 23.3. The van der Waals surface area contributed by atoms with Crippen molar-refractivity contribution in [2.24, 2.45) is 4.99 Å². The molecule has 4 aromatic rings. The van der Waals surface area contributed by atoms with Gasteiger partial charge in [0.2, 0.25) is 6.08 Å². The lowest BCUT2D eigenvalue weighted by Gasteiger charge is -2.13. The number of pyridine rings is 1. The molecule has 0 bridgehead atoms. The second-order valence-corrected chi connectivity index (χ2v) is 9.43. The summed E-state index contributed by atoms with van der Waals surface area (Å²) >= 11 is 0. The number of rotatable bonds is 13. The number of carbonyl (C=O) groups excluding carboxylic acids is 1. The smallest absolute Gasteiger partial charge is 0.234 e. The van der Waals surface area contributed by atoms with Crippen molar-refractivity contribution in [2.45, 2.75) is 58.9 Å². The molecule has 0 aliphatic carbocycles. The Labute approximate surface area is 217 Å². The second-order valence-electron chi connectivity index (χ2n) is 9.43. The average Bonchev–Trinajstić information content (AvgIpc) is 3.25. The zero-order chi connectivity index (χ0) is 26.2. The van der Waals surface area contributed by atoms with Gasteiger partial charge in [0.05, 0.1) is 17.6 Å². The van der Waals surface area contributed by atoms with Crippen molar-refractivity contribution in [1.29, 1.82) is 0 Å². The fourth-order valence-electron chi connectivity index (χ4n) is 4.63. The quantitative estimate of drug-likeness (QED) is 0.147. The molecule has 0 fully saturated rings. The number of aliphatic imine (C=N–C) groups is 1. The number of nitrogens with two attached hydrogens (primary N) is 1. The highest BCUT2D eigenvalue weighted by Crippen LogP contribution is 2.31. The highest BCUT2D eigenvalue weighted by atomic mass is 16.5. The van der Waals surface area contributed by atoms with E-state index in [0.29, 0.717) is 37.9 Å². The summed E-state index contributed by atoms with van der Waals surface area (Å²) in [5.41, 5.74) is 12.2. The topological polar surface area (TPSA) is 116 Å². The summed E-state index contributed by atoms with van der Waals surface area (Å²) in [5, 5.41) is 11.0. The van der Waals surface area contributed by atoms with Gasteiger partial charge in [-0.05, 0) is 61.4 Å². The maximum atomic E-state index is 10.1. The fourth-order valence-corrected chi connectivity index (χ4v) is 4.63. The van der Waals surface area contributed by atoms with Crippen LogP contribution in [-0.4, -0.2) is 45.5 Å². The van der Waals surface area contributed by atoms with Crippen LogP contribution in [0.3, 0.4) is 0 Å². The van der Waals surface area contributed by atoms with Gasteiger partial charge in [0.15, 0.2) is 5.82 Å². The van der Waals surface area contributed by atoms with Crippen molar-refractivity contribution < 1.29 is 14.6 Å². The molecule has 0 unspecified atom stereocenters. The third-order valence-electron chi connectivity index (χ3n) is 6.58. The van der Waals surface area contributed by atoms with Crippen LogP contribution in [0.2, 0.25) is 0 Å². The van der Waals surface area contributed by atoms with E-state index in [2.05, 4.69) is 34.7 Å². The molecule has 0 spiro atoms. The first-order chi connectivity index (χ1) is 18.0. The summed E-state index contributed by atoms with van der Waals surface area (Å²) in [7, 11) is 0. The lowest BCUT2D eigenvalue weighted by Crippen LogP contribution is -2.06. The zero-order valence-corrected chi connectivity index (χ0v) is 21.7. The summed E-state index contributed by atoms with van der Waals surface area (Å²) in [5.74, 6) is 1.75. The molecular formula is C29H35N5O3. The number of fused-ring (bicyclic) bond motifs is 3. The Morgan fingerprint density at radius 3 is 2.65 bits per heavy atom. The molecule has 37 heavy (non-hydrogen) atoms. The van der Waals surface area contributed by atoms with Crippen LogP contribution in [-0.2, 0) is 28.9 Å². The highest BCUT2D eigenvalue weighted by Gasteiger charge is 2.18. The molecule has 4 rings (SSSR count). The van der Waals surface area contributed by atoms with Crippen molar-refractivity contribution in [1.82, 2.24) is 14.5 Å². The number of phenols is 1. The average molecular weight is 502 g/mol. The highest BCUT2D eigenvalue weighted by molar-refractivity contribution is 6.06. The lowest BCUT2D eigenvalue weighted by atomic mass is 10.1. The van der Waals surface area contributed by atoms with Gasteiger partial charge in [-0.1, -0.05) is 37.6 Å². The number of imidazole rings is 1. The molecular weight excluding hydrogens is 466 g/mol. The summed E-state index contributed by atoms with van der Waals surface area (Å²) in [6.07, 6.45) is 7.01. The van der Waals surface area contributed by atoms with E-state index in [4.69, 9.17) is 20.4 Å². The van der Waals surface area contributed by atoms with Crippen LogP contribution < -0.4 is 5.73 Å². The predicted molar refractivity (Wildman–Crippen MR) is 147 cm³/mol. The van der Waals surface area contributed by atoms with E-state index in [0.717, 1.165) is 77.4 Å². The van der Waals surface area contributed by atoms with Crippen LogP contribution in [0.1, 0.15) is 55.1 Å². The molecule has 2 aromatic carbocycles. The van der Waals surface area contributed by atoms with Crippen molar-refractivity contribution in [2.75, 3.05) is 25.5 Å². The minimum absolute atomic E-state index is 0.300. The maximum absolute atomic E-state index is 10.1. The van der Waals surface area contributed by atoms with Crippen LogP contribution in [0.4, 0.5) is 5.82 Å². The standard InChI is InChI=1S/C29H35N5O3/c1-3-4-8-26-33-27-28(34(26)18-22-10-12-25(36)20(2)16-22)23-11-9-21(17-24(23)32-29(27)30)7-5-14-37-15-6-13-31-19-35/h9-12,16-17,36H,3-8,13-15,18H2,1-2H3,(H2,30,32). The minimum Gasteiger partial charge on any atom is -0.508 e. The monoisotopic (exact) mass is 501 g/mol. The van der Waals surface area contributed by atoms with E-state index >= 15 is 0 Å². The lowest BCUT2D eigenvalue weighted by molar-refractivity contribution is 0.131. The Hall–Kier alpha value is -3.74. The summed E-state index contributed by atoms with van der Waals surface area (Å²) in [6.45, 7) is 6.43. The molecule has 2 heterocycles. The molecule has 0 radical (unpaired) electrons. The third-order valence-corrected chi connectivity index (χ3v) is 6.58. The fraction of sp³-hybridized carbons (Fsp3) is 0.414. The first-order valence-corrected chi connectivity index (χ1v) is 13.0. The number of aromatic hydroxyl groups is 1. The zero-order valence-electron chi connectivity index (χ0n) is 21.7. The normalized spacial score (nSPS) is 11.3. The predicted octanol–water partition coefficient (Wildman–Crippen LogP) is 5.25. The van der Waals surface area contributed by atoms with E-state index < -0.39 is 0 Å². The van der Waals surface area contributed by atoms with Gasteiger partial charge in [-0.3, -0.25) is 0 Å². The Balaban J connectivity index is 1.61. The number of anilines is 1. The first kappa shape index (κ1) is 26.3. The van der Waals surface area contributed by atoms with E-state index in [1.165, 1.54) is 5.56 Å².